The number of hydrogen-bond acceptors (Lipinski definition) is 3. The molecule has 0 amide bonds. The van der Waals surface area contributed by atoms with Crippen molar-refractivity contribution in [3.63, 3.8) is 0 Å². The third-order valence-corrected chi connectivity index (χ3v) is 4.65. The highest BCUT2D eigenvalue weighted by Crippen LogP contribution is 2.22. The Morgan fingerprint density at radius 1 is 1.00 bits per heavy atom. The standard InChI is InChI=1S/C17H36N2O/c1-2-3-4-5-6-10-17(19-18)11-8-7-9-16-12-14-20-15-13-16/h16-17,19H,2-15,18H2,1H3. The Bertz CT molecular complexity index is 205. The molecule has 0 aliphatic carbocycles. The fourth-order valence-corrected chi connectivity index (χ4v) is 3.16. The SMILES string of the molecule is CCCCCCCC(CCCCC1CCOCC1)NN. The zero-order valence-electron chi connectivity index (χ0n) is 13.5. The van der Waals surface area contributed by atoms with E-state index in [-0.39, 0.29) is 0 Å². The lowest BCUT2D eigenvalue weighted by molar-refractivity contribution is 0.0630. The number of hydrogen-bond donors (Lipinski definition) is 2. The molecular weight excluding hydrogens is 248 g/mol. The second-order valence-corrected chi connectivity index (χ2v) is 6.41. The summed E-state index contributed by atoms with van der Waals surface area (Å²) in [5, 5.41) is 0. The summed E-state index contributed by atoms with van der Waals surface area (Å²) < 4.78 is 5.41. The second kappa shape index (κ2) is 12.6. The Hall–Kier alpha value is -0.120. The molecule has 1 aliphatic heterocycles. The molecule has 0 saturated carbocycles. The van der Waals surface area contributed by atoms with Gasteiger partial charge in [0.15, 0.2) is 0 Å². The lowest BCUT2D eigenvalue weighted by Crippen LogP contribution is -2.35. The van der Waals surface area contributed by atoms with Crippen LogP contribution in [-0.4, -0.2) is 19.3 Å². The van der Waals surface area contributed by atoms with Gasteiger partial charge in [0.25, 0.3) is 0 Å². The molecule has 1 fully saturated rings. The predicted octanol–water partition coefficient (Wildman–Crippen LogP) is 4.17. The van der Waals surface area contributed by atoms with Crippen molar-refractivity contribution < 1.29 is 4.74 Å². The second-order valence-electron chi connectivity index (χ2n) is 6.41. The summed E-state index contributed by atoms with van der Waals surface area (Å²) in [4.78, 5) is 0. The highest BCUT2D eigenvalue weighted by molar-refractivity contribution is 4.67. The summed E-state index contributed by atoms with van der Waals surface area (Å²) in [6.45, 7) is 4.23. The molecule has 3 heteroatoms. The summed E-state index contributed by atoms with van der Waals surface area (Å²) in [5.74, 6) is 6.59. The van der Waals surface area contributed by atoms with Crippen molar-refractivity contribution in [3.05, 3.63) is 0 Å². The number of rotatable bonds is 12. The largest absolute Gasteiger partial charge is 0.381 e. The van der Waals surface area contributed by atoms with Gasteiger partial charge < -0.3 is 4.74 Å². The van der Waals surface area contributed by atoms with Gasteiger partial charge in [-0.1, -0.05) is 58.3 Å². The van der Waals surface area contributed by atoms with E-state index in [1.807, 2.05) is 0 Å². The van der Waals surface area contributed by atoms with Gasteiger partial charge in [-0.2, -0.15) is 0 Å². The van der Waals surface area contributed by atoms with Crippen LogP contribution in [-0.2, 0) is 4.74 Å². The van der Waals surface area contributed by atoms with Gasteiger partial charge >= 0.3 is 0 Å². The minimum atomic E-state index is 0.534. The Balaban J connectivity index is 1.94. The van der Waals surface area contributed by atoms with Crippen molar-refractivity contribution >= 4 is 0 Å². The van der Waals surface area contributed by atoms with Gasteiger partial charge in [-0.25, -0.2) is 0 Å². The first kappa shape index (κ1) is 17.9. The van der Waals surface area contributed by atoms with Gasteiger partial charge in [0, 0.05) is 19.3 Å². The van der Waals surface area contributed by atoms with Crippen LogP contribution in [0.4, 0.5) is 0 Å². The molecule has 0 radical (unpaired) electrons. The lowest BCUT2D eigenvalue weighted by atomic mass is 9.93. The molecule has 1 heterocycles. The maximum absolute atomic E-state index is 5.67. The van der Waals surface area contributed by atoms with Crippen molar-refractivity contribution in [1.82, 2.24) is 5.43 Å². The van der Waals surface area contributed by atoms with Gasteiger partial charge in [0.1, 0.15) is 0 Å². The Morgan fingerprint density at radius 3 is 2.30 bits per heavy atom. The van der Waals surface area contributed by atoms with Crippen LogP contribution in [0.25, 0.3) is 0 Å². The van der Waals surface area contributed by atoms with E-state index >= 15 is 0 Å². The Kier molecular flexibility index (Phi) is 11.3. The van der Waals surface area contributed by atoms with Crippen LogP contribution in [0.3, 0.4) is 0 Å². The third-order valence-electron chi connectivity index (χ3n) is 4.65. The van der Waals surface area contributed by atoms with E-state index in [2.05, 4.69) is 12.3 Å². The zero-order chi connectivity index (χ0) is 14.5. The van der Waals surface area contributed by atoms with E-state index in [0.717, 1.165) is 19.1 Å². The van der Waals surface area contributed by atoms with Crippen molar-refractivity contribution in [2.75, 3.05) is 13.2 Å². The van der Waals surface area contributed by atoms with Gasteiger partial charge in [-0.3, -0.25) is 11.3 Å². The number of hydrazine groups is 1. The Labute approximate surface area is 126 Å². The number of unbranched alkanes of at least 4 members (excludes halogenated alkanes) is 5. The first-order valence-electron chi connectivity index (χ1n) is 8.90. The summed E-state index contributed by atoms with van der Waals surface area (Å²) in [7, 11) is 0. The molecule has 1 saturated heterocycles. The quantitative estimate of drug-likeness (QED) is 0.321. The van der Waals surface area contributed by atoms with Crippen molar-refractivity contribution in [1.29, 1.82) is 0 Å². The number of ether oxygens (including phenoxy) is 1. The lowest BCUT2D eigenvalue weighted by Gasteiger charge is -2.22. The maximum atomic E-state index is 5.67. The van der Waals surface area contributed by atoms with Crippen molar-refractivity contribution in [2.24, 2.45) is 11.8 Å². The van der Waals surface area contributed by atoms with Gasteiger partial charge in [-0.15, -0.1) is 0 Å². The first-order chi connectivity index (χ1) is 9.86. The highest BCUT2D eigenvalue weighted by Gasteiger charge is 2.13. The topological polar surface area (TPSA) is 47.3 Å². The predicted molar refractivity (Wildman–Crippen MR) is 86.5 cm³/mol. The minimum absolute atomic E-state index is 0.534. The van der Waals surface area contributed by atoms with Crippen LogP contribution >= 0.6 is 0 Å². The van der Waals surface area contributed by atoms with E-state index in [1.54, 1.807) is 0 Å². The fourth-order valence-electron chi connectivity index (χ4n) is 3.16. The fraction of sp³-hybridized carbons (Fsp3) is 1.00. The van der Waals surface area contributed by atoms with E-state index < -0.39 is 0 Å². The molecule has 0 aromatic rings. The average molecular weight is 284 g/mol. The molecule has 0 aromatic carbocycles. The summed E-state index contributed by atoms with van der Waals surface area (Å²) in [5.41, 5.74) is 3.01. The molecule has 20 heavy (non-hydrogen) atoms. The molecule has 1 unspecified atom stereocenters. The van der Waals surface area contributed by atoms with E-state index in [9.17, 15) is 0 Å². The number of nitrogens with one attached hydrogen (secondary N) is 1. The highest BCUT2D eigenvalue weighted by atomic mass is 16.5. The first-order valence-corrected chi connectivity index (χ1v) is 8.90. The monoisotopic (exact) mass is 284 g/mol. The van der Waals surface area contributed by atoms with Crippen molar-refractivity contribution in [3.8, 4) is 0 Å². The minimum Gasteiger partial charge on any atom is -0.381 e. The van der Waals surface area contributed by atoms with E-state index in [0.29, 0.717) is 6.04 Å². The van der Waals surface area contributed by atoms with Crippen molar-refractivity contribution in [2.45, 2.75) is 90.0 Å². The van der Waals surface area contributed by atoms with Crippen LogP contribution < -0.4 is 11.3 Å². The van der Waals surface area contributed by atoms with E-state index in [1.165, 1.54) is 77.0 Å². The van der Waals surface area contributed by atoms with Crippen LogP contribution in [0, 0.1) is 5.92 Å². The summed E-state index contributed by atoms with van der Waals surface area (Å²) >= 11 is 0. The average Bonchev–Trinajstić information content (AvgIpc) is 2.50. The summed E-state index contributed by atoms with van der Waals surface area (Å²) in [6.07, 6.45) is 15.9. The molecule has 1 rings (SSSR count). The third kappa shape index (κ3) is 8.93. The normalized spacial score (nSPS) is 18.3. The zero-order valence-corrected chi connectivity index (χ0v) is 13.5. The van der Waals surface area contributed by atoms with Crippen LogP contribution in [0.15, 0.2) is 0 Å². The molecule has 1 atom stereocenters. The molecular formula is C17H36N2O. The maximum Gasteiger partial charge on any atom is 0.0468 e. The molecule has 3 N–H and O–H groups in total. The van der Waals surface area contributed by atoms with Crippen LogP contribution in [0.2, 0.25) is 0 Å². The smallest absolute Gasteiger partial charge is 0.0468 e. The van der Waals surface area contributed by atoms with Gasteiger partial charge in [0.2, 0.25) is 0 Å². The Morgan fingerprint density at radius 2 is 1.65 bits per heavy atom. The van der Waals surface area contributed by atoms with Crippen LogP contribution in [0.5, 0.6) is 0 Å². The summed E-state index contributed by atoms with van der Waals surface area (Å²) in [6, 6.07) is 0.534. The van der Waals surface area contributed by atoms with Gasteiger partial charge in [0.05, 0.1) is 0 Å². The molecule has 1 aliphatic rings. The molecule has 120 valence electrons. The van der Waals surface area contributed by atoms with Crippen LogP contribution in [0.1, 0.15) is 84.0 Å². The molecule has 0 spiro atoms. The van der Waals surface area contributed by atoms with Gasteiger partial charge in [-0.05, 0) is 31.6 Å². The molecule has 0 bridgehead atoms. The van der Waals surface area contributed by atoms with E-state index in [4.69, 9.17) is 10.6 Å². The molecule has 0 aromatic heterocycles. The number of nitrogens with two attached hydrogens (primary N) is 1. The molecule has 3 nitrogen and oxygen atoms in total.